The number of methoxy groups -OCH3 is 1. The lowest BCUT2D eigenvalue weighted by molar-refractivity contribution is -0.153. The van der Waals surface area contributed by atoms with E-state index in [4.69, 9.17) is 9.47 Å². The van der Waals surface area contributed by atoms with Crippen LogP contribution in [0.15, 0.2) is 24.3 Å². The Bertz CT molecular complexity index is 434. The van der Waals surface area contributed by atoms with E-state index in [2.05, 4.69) is 6.07 Å². The first-order chi connectivity index (χ1) is 9.25. The zero-order chi connectivity index (χ0) is 13.3. The molecule has 0 radical (unpaired) electrons. The molecule has 2 atom stereocenters. The van der Waals surface area contributed by atoms with Gasteiger partial charge in [-0.2, -0.15) is 0 Å². The Morgan fingerprint density at radius 1 is 1.42 bits per heavy atom. The average molecular weight is 262 g/mol. The van der Waals surface area contributed by atoms with Crippen molar-refractivity contribution in [3.8, 4) is 5.75 Å². The molecule has 104 valence electrons. The molecule has 0 saturated heterocycles. The highest BCUT2D eigenvalue weighted by Gasteiger charge is 2.44. The van der Waals surface area contributed by atoms with E-state index in [1.165, 1.54) is 5.56 Å². The lowest BCUT2D eigenvalue weighted by Gasteiger charge is -2.45. The molecule has 3 rings (SSSR count). The minimum atomic E-state index is -0.373. The highest BCUT2D eigenvalue weighted by molar-refractivity contribution is 5.37. The maximum absolute atomic E-state index is 10.5. The van der Waals surface area contributed by atoms with Crippen LogP contribution >= 0.6 is 0 Å². The SMILES string of the molecule is COC1(C(O)CC2CCOc3ccccc32)CCC1. The van der Waals surface area contributed by atoms with Crippen LogP contribution in [-0.4, -0.2) is 30.5 Å². The molecular formula is C16H22O3. The van der Waals surface area contributed by atoms with Crippen LogP contribution in [0.3, 0.4) is 0 Å². The third-order valence-corrected chi connectivity index (χ3v) is 4.80. The smallest absolute Gasteiger partial charge is 0.122 e. The van der Waals surface area contributed by atoms with Crippen LogP contribution in [0.4, 0.5) is 0 Å². The summed E-state index contributed by atoms with van der Waals surface area (Å²) in [6.45, 7) is 0.744. The van der Waals surface area contributed by atoms with Crippen LogP contribution in [0, 0.1) is 0 Å². The van der Waals surface area contributed by atoms with Crippen LogP contribution in [0.1, 0.15) is 43.6 Å². The summed E-state index contributed by atoms with van der Waals surface area (Å²) >= 11 is 0. The molecule has 0 amide bonds. The van der Waals surface area contributed by atoms with Gasteiger partial charge in [-0.3, -0.25) is 0 Å². The summed E-state index contributed by atoms with van der Waals surface area (Å²) in [6, 6.07) is 8.18. The Hall–Kier alpha value is -1.06. The predicted octanol–water partition coefficient (Wildman–Crippen LogP) is 2.87. The normalized spacial score (nSPS) is 25.9. The lowest BCUT2D eigenvalue weighted by atomic mass is 9.72. The van der Waals surface area contributed by atoms with Gasteiger partial charge in [0.25, 0.3) is 0 Å². The number of hydrogen-bond acceptors (Lipinski definition) is 3. The number of aliphatic hydroxyl groups is 1. The molecule has 0 aromatic heterocycles. The van der Waals surface area contributed by atoms with Crippen LogP contribution in [0.25, 0.3) is 0 Å². The molecule has 3 heteroatoms. The first kappa shape index (κ1) is 12.9. The van der Waals surface area contributed by atoms with E-state index in [0.717, 1.165) is 44.5 Å². The molecule has 1 aromatic carbocycles. The zero-order valence-electron chi connectivity index (χ0n) is 11.5. The number of para-hydroxylation sites is 1. The van der Waals surface area contributed by atoms with Gasteiger partial charge in [-0.25, -0.2) is 0 Å². The number of rotatable bonds is 4. The molecule has 1 N–H and O–H groups in total. The summed E-state index contributed by atoms with van der Waals surface area (Å²) in [7, 11) is 1.72. The van der Waals surface area contributed by atoms with Crippen molar-refractivity contribution in [3.63, 3.8) is 0 Å². The summed E-state index contributed by atoms with van der Waals surface area (Å²) < 4.78 is 11.3. The van der Waals surface area contributed by atoms with Gasteiger partial charge in [0.05, 0.1) is 18.3 Å². The van der Waals surface area contributed by atoms with Gasteiger partial charge in [-0.15, -0.1) is 0 Å². The average Bonchev–Trinajstić information content (AvgIpc) is 2.38. The Morgan fingerprint density at radius 3 is 2.89 bits per heavy atom. The van der Waals surface area contributed by atoms with E-state index in [0.29, 0.717) is 5.92 Å². The first-order valence-corrected chi connectivity index (χ1v) is 7.20. The van der Waals surface area contributed by atoms with Gasteiger partial charge >= 0.3 is 0 Å². The van der Waals surface area contributed by atoms with Crippen LogP contribution < -0.4 is 4.74 Å². The van der Waals surface area contributed by atoms with Gasteiger partial charge in [0.1, 0.15) is 5.75 Å². The van der Waals surface area contributed by atoms with Crippen molar-refractivity contribution in [3.05, 3.63) is 29.8 Å². The molecule has 1 saturated carbocycles. The molecule has 3 nitrogen and oxygen atoms in total. The third kappa shape index (κ3) is 2.26. The second kappa shape index (κ2) is 5.14. The number of ether oxygens (including phenoxy) is 2. The number of aliphatic hydroxyl groups excluding tert-OH is 1. The number of fused-ring (bicyclic) bond motifs is 1. The summed E-state index contributed by atoms with van der Waals surface area (Å²) in [5, 5.41) is 10.5. The Morgan fingerprint density at radius 2 is 2.21 bits per heavy atom. The molecule has 2 unspecified atom stereocenters. The molecule has 1 aliphatic heterocycles. The maximum Gasteiger partial charge on any atom is 0.122 e. The summed E-state index contributed by atoms with van der Waals surface area (Å²) in [4.78, 5) is 0. The fraction of sp³-hybridized carbons (Fsp3) is 0.625. The van der Waals surface area contributed by atoms with Crippen molar-refractivity contribution in [2.24, 2.45) is 0 Å². The monoisotopic (exact) mass is 262 g/mol. The largest absolute Gasteiger partial charge is 0.493 e. The first-order valence-electron chi connectivity index (χ1n) is 7.20. The molecule has 1 heterocycles. The molecule has 1 aliphatic carbocycles. The van der Waals surface area contributed by atoms with Crippen molar-refractivity contribution >= 4 is 0 Å². The molecule has 1 aromatic rings. The minimum Gasteiger partial charge on any atom is -0.493 e. The van der Waals surface area contributed by atoms with E-state index >= 15 is 0 Å². The summed E-state index contributed by atoms with van der Waals surface area (Å²) in [5.41, 5.74) is 0.950. The van der Waals surface area contributed by atoms with Crippen molar-refractivity contribution in [1.82, 2.24) is 0 Å². The Kier molecular flexibility index (Phi) is 3.50. The van der Waals surface area contributed by atoms with Gasteiger partial charge < -0.3 is 14.6 Å². The van der Waals surface area contributed by atoms with Gasteiger partial charge in [0.15, 0.2) is 0 Å². The van der Waals surface area contributed by atoms with E-state index in [1.807, 2.05) is 18.2 Å². The lowest BCUT2D eigenvalue weighted by Crippen LogP contribution is -2.50. The topological polar surface area (TPSA) is 38.7 Å². The predicted molar refractivity (Wildman–Crippen MR) is 73.5 cm³/mol. The number of benzene rings is 1. The standard InChI is InChI=1S/C16H22O3/c1-18-16(8-4-9-16)15(17)11-12-7-10-19-14-6-3-2-5-13(12)14/h2-3,5-6,12,15,17H,4,7-11H2,1H3. The van der Waals surface area contributed by atoms with Crippen molar-refractivity contribution < 1.29 is 14.6 Å². The van der Waals surface area contributed by atoms with E-state index in [1.54, 1.807) is 7.11 Å². The third-order valence-electron chi connectivity index (χ3n) is 4.80. The fourth-order valence-corrected chi connectivity index (χ4v) is 3.34. The van der Waals surface area contributed by atoms with E-state index < -0.39 is 0 Å². The van der Waals surface area contributed by atoms with E-state index in [-0.39, 0.29) is 11.7 Å². The van der Waals surface area contributed by atoms with Gasteiger partial charge in [-0.05, 0) is 49.7 Å². The van der Waals surface area contributed by atoms with Gasteiger partial charge in [0, 0.05) is 7.11 Å². The highest BCUT2D eigenvalue weighted by Crippen LogP contribution is 2.43. The number of hydrogen-bond donors (Lipinski definition) is 1. The van der Waals surface area contributed by atoms with Crippen molar-refractivity contribution in [2.45, 2.75) is 49.7 Å². The van der Waals surface area contributed by atoms with Crippen molar-refractivity contribution in [1.29, 1.82) is 0 Å². The maximum atomic E-state index is 10.5. The fourth-order valence-electron chi connectivity index (χ4n) is 3.34. The minimum absolute atomic E-state index is 0.284. The summed E-state index contributed by atoms with van der Waals surface area (Å²) in [6.07, 6.45) is 4.50. The Labute approximate surface area is 114 Å². The molecule has 0 bridgehead atoms. The molecular weight excluding hydrogens is 240 g/mol. The van der Waals surface area contributed by atoms with Crippen LogP contribution in [0.2, 0.25) is 0 Å². The summed E-state index contributed by atoms with van der Waals surface area (Å²) in [5.74, 6) is 1.36. The quantitative estimate of drug-likeness (QED) is 0.906. The van der Waals surface area contributed by atoms with Crippen molar-refractivity contribution in [2.75, 3.05) is 13.7 Å². The molecule has 19 heavy (non-hydrogen) atoms. The van der Waals surface area contributed by atoms with Gasteiger partial charge in [-0.1, -0.05) is 18.2 Å². The molecule has 0 spiro atoms. The molecule has 1 fully saturated rings. The molecule has 2 aliphatic rings. The zero-order valence-corrected chi connectivity index (χ0v) is 11.5. The van der Waals surface area contributed by atoms with Gasteiger partial charge in [0.2, 0.25) is 0 Å². The second-order valence-corrected chi connectivity index (χ2v) is 5.75. The Balaban J connectivity index is 1.74. The second-order valence-electron chi connectivity index (χ2n) is 5.75. The van der Waals surface area contributed by atoms with E-state index in [9.17, 15) is 5.11 Å². The van der Waals surface area contributed by atoms with Crippen LogP contribution in [0.5, 0.6) is 5.75 Å². The highest BCUT2D eigenvalue weighted by atomic mass is 16.5. The van der Waals surface area contributed by atoms with Crippen LogP contribution in [-0.2, 0) is 4.74 Å².